The maximum Gasteiger partial charge on any atom is 0.323 e. The Bertz CT molecular complexity index is 386. The Kier molecular flexibility index (Phi) is 3.98. The standard InChI is InChI=1S/C13H17NO3/c1-16-12-7-3-2-5-10(12)9-17-13(15)11-6-4-8-14-11/h2-3,5,7,11,14H,4,6,8-9H2,1H3. The molecule has 1 atom stereocenters. The normalized spacial score (nSPS) is 19.0. The zero-order valence-corrected chi connectivity index (χ0v) is 9.94. The van der Waals surface area contributed by atoms with Crippen LogP contribution in [0, 0.1) is 0 Å². The maximum atomic E-state index is 11.7. The number of carbonyl (C=O) groups is 1. The SMILES string of the molecule is COc1ccccc1COC(=O)C1CCCN1. The van der Waals surface area contributed by atoms with E-state index in [9.17, 15) is 4.79 Å². The van der Waals surface area contributed by atoms with E-state index in [1.165, 1.54) is 0 Å². The first-order valence-electron chi connectivity index (χ1n) is 5.83. The number of methoxy groups -OCH3 is 1. The number of hydrogen-bond donors (Lipinski definition) is 1. The summed E-state index contributed by atoms with van der Waals surface area (Å²) >= 11 is 0. The van der Waals surface area contributed by atoms with Gasteiger partial charge in [-0.15, -0.1) is 0 Å². The van der Waals surface area contributed by atoms with Gasteiger partial charge in [0.05, 0.1) is 7.11 Å². The molecule has 1 saturated heterocycles. The molecule has 0 aromatic heterocycles. The fraction of sp³-hybridized carbons (Fsp3) is 0.462. The third-order valence-corrected chi connectivity index (χ3v) is 2.91. The predicted octanol–water partition coefficient (Wildman–Crippen LogP) is 1.49. The summed E-state index contributed by atoms with van der Waals surface area (Å²) in [6.45, 7) is 1.16. The van der Waals surface area contributed by atoms with Crippen molar-refractivity contribution in [1.82, 2.24) is 5.32 Å². The molecular weight excluding hydrogens is 218 g/mol. The lowest BCUT2D eigenvalue weighted by Crippen LogP contribution is -2.32. The fourth-order valence-electron chi connectivity index (χ4n) is 1.96. The lowest BCUT2D eigenvalue weighted by molar-refractivity contribution is -0.147. The predicted molar refractivity (Wildman–Crippen MR) is 63.8 cm³/mol. The summed E-state index contributed by atoms with van der Waals surface area (Å²) < 4.78 is 10.5. The van der Waals surface area contributed by atoms with Crippen LogP contribution >= 0.6 is 0 Å². The molecule has 1 aliphatic rings. The van der Waals surface area contributed by atoms with Gasteiger partial charge in [0.2, 0.25) is 0 Å². The first kappa shape index (κ1) is 11.9. The molecule has 0 aliphatic carbocycles. The van der Waals surface area contributed by atoms with Gasteiger partial charge in [0.1, 0.15) is 18.4 Å². The fourth-order valence-corrected chi connectivity index (χ4v) is 1.96. The number of para-hydroxylation sites is 1. The van der Waals surface area contributed by atoms with Crippen molar-refractivity contribution in [1.29, 1.82) is 0 Å². The van der Waals surface area contributed by atoms with Crippen LogP contribution in [0.2, 0.25) is 0 Å². The molecule has 4 nitrogen and oxygen atoms in total. The van der Waals surface area contributed by atoms with Gasteiger partial charge in [-0.05, 0) is 25.5 Å². The summed E-state index contributed by atoms with van der Waals surface area (Å²) in [5.41, 5.74) is 0.890. The second-order valence-electron chi connectivity index (χ2n) is 4.07. The molecule has 2 rings (SSSR count). The molecule has 0 amide bonds. The minimum absolute atomic E-state index is 0.135. The van der Waals surface area contributed by atoms with Crippen LogP contribution in [-0.4, -0.2) is 25.7 Å². The second-order valence-corrected chi connectivity index (χ2v) is 4.07. The van der Waals surface area contributed by atoms with Crippen LogP contribution < -0.4 is 10.1 Å². The van der Waals surface area contributed by atoms with Crippen molar-refractivity contribution in [3.63, 3.8) is 0 Å². The molecular formula is C13H17NO3. The van der Waals surface area contributed by atoms with E-state index < -0.39 is 0 Å². The van der Waals surface area contributed by atoms with Crippen molar-refractivity contribution in [3.8, 4) is 5.75 Å². The molecule has 4 heteroatoms. The molecule has 1 aromatic carbocycles. The van der Waals surface area contributed by atoms with Crippen LogP contribution in [0.5, 0.6) is 5.75 Å². The van der Waals surface area contributed by atoms with Crippen LogP contribution in [-0.2, 0) is 16.1 Å². The lowest BCUT2D eigenvalue weighted by atomic mass is 10.2. The third kappa shape index (κ3) is 2.97. The average Bonchev–Trinajstić information content (AvgIpc) is 2.90. The Morgan fingerprint density at radius 2 is 2.29 bits per heavy atom. The summed E-state index contributed by atoms with van der Waals surface area (Å²) in [7, 11) is 1.61. The average molecular weight is 235 g/mol. The van der Waals surface area contributed by atoms with Crippen LogP contribution in [0.15, 0.2) is 24.3 Å². The van der Waals surface area contributed by atoms with E-state index in [1.54, 1.807) is 7.11 Å². The molecule has 1 unspecified atom stereocenters. The number of ether oxygens (including phenoxy) is 2. The highest BCUT2D eigenvalue weighted by atomic mass is 16.5. The zero-order chi connectivity index (χ0) is 12.1. The van der Waals surface area contributed by atoms with E-state index >= 15 is 0 Å². The summed E-state index contributed by atoms with van der Waals surface area (Å²) in [6.07, 6.45) is 1.90. The largest absolute Gasteiger partial charge is 0.496 e. The molecule has 1 N–H and O–H groups in total. The summed E-state index contributed by atoms with van der Waals surface area (Å²) in [6, 6.07) is 7.41. The van der Waals surface area contributed by atoms with Crippen molar-refractivity contribution in [2.75, 3.05) is 13.7 Å². The number of hydrogen-bond acceptors (Lipinski definition) is 4. The highest BCUT2D eigenvalue weighted by Gasteiger charge is 2.23. The van der Waals surface area contributed by atoms with Gasteiger partial charge in [-0.3, -0.25) is 4.79 Å². The van der Waals surface area contributed by atoms with Crippen LogP contribution in [0.4, 0.5) is 0 Å². The zero-order valence-electron chi connectivity index (χ0n) is 9.94. The quantitative estimate of drug-likeness (QED) is 0.803. The van der Waals surface area contributed by atoms with Crippen molar-refractivity contribution < 1.29 is 14.3 Å². The Labute approximate surface area is 101 Å². The Morgan fingerprint density at radius 1 is 1.47 bits per heavy atom. The molecule has 1 fully saturated rings. The lowest BCUT2D eigenvalue weighted by Gasteiger charge is -2.12. The molecule has 0 saturated carbocycles. The minimum Gasteiger partial charge on any atom is -0.496 e. The summed E-state index contributed by atoms with van der Waals surface area (Å²) in [5, 5.41) is 3.12. The smallest absolute Gasteiger partial charge is 0.323 e. The van der Waals surface area contributed by atoms with Crippen LogP contribution in [0.1, 0.15) is 18.4 Å². The highest BCUT2D eigenvalue weighted by molar-refractivity contribution is 5.76. The third-order valence-electron chi connectivity index (χ3n) is 2.91. The van der Waals surface area contributed by atoms with E-state index in [0.29, 0.717) is 0 Å². The Morgan fingerprint density at radius 3 is 3.00 bits per heavy atom. The van der Waals surface area contributed by atoms with Gasteiger partial charge in [0.15, 0.2) is 0 Å². The van der Waals surface area contributed by atoms with E-state index in [-0.39, 0.29) is 18.6 Å². The second kappa shape index (κ2) is 5.68. The molecule has 92 valence electrons. The number of rotatable bonds is 4. The number of benzene rings is 1. The van der Waals surface area contributed by atoms with Crippen molar-refractivity contribution in [3.05, 3.63) is 29.8 Å². The maximum absolute atomic E-state index is 11.7. The molecule has 1 heterocycles. The first-order chi connectivity index (χ1) is 8.31. The number of carbonyl (C=O) groups excluding carboxylic acids is 1. The molecule has 0 spiro atoms. The molecule has 17 heavy (non-hydrogen) atoms. The number of nitrogens with one attached hydrogen (secondary N) is 1. The van der Waals surface area contributed by atoms with E-state index in [1.807, 2.05) is 24.3 Å². The molecule has 1 aliphatic heterocycles. The van der Waals surface area contributed by atoms with Crippen LogP contribution in [0.25, 0.3) is 0 Å². The van der Waals surface area contributed by atoms with E-state index in [4.69, 9.17) is 9.47 Å². The van der Waals surface area contributed by atoms with Crippen molar-refractivity contribution in [2.24, 2.45) is 0 Å². The molecule has 0 radical (unpaired) electrons. The van der Waals surface area contributed by atoms with Gasteiger partial charge in [0, 0.05) is 5.56 Å². The first-order valence-corrected chi connectivity index (χ1v) is 5.83. The van der Waals surface area contributed by atoms with E-state index in [2.05, 4.69) is 5.32 Å². The number of esters is 1. The molecule has 1 aromatic rings. The van der Waals surface area contributed by atoms with Gasteiger partial charge < -0.3 is 14.8 Å². The molecule has 0 bridgehead atoms. The van der Waals surface area contributed by atoms with Gasteiger partial charge in [-0.2, -0.15) is 0 Å². The van der Waals surface area contributed by atoms with Crippen molar-refractivity contribution in [2.45, 2.75) is 25.5 Å². The van der Waals surface area contributed by atoms with Gasteiger partial charge in [-0.1, -0.05) is 18.2 Å². The van der Waals surface area contributed by atoms with Crippen LogP contribution in [0.3, 0.4) is 0 Å². The monoisotopic (exact) mass is 235 g/mol. The minimum atomic E-state index is -0.173. The van der Waals surface area contributed by atoms with E-state index in [0.717, 1.165) is 30.7 Å². The van der Waals surface area contributed by atoms with Gasteiger partial charge in [0.25, 0.3) is 0 Å². The van der Waals surface area contributed by atoms with Gasteiger partial charge >= 0.3 is 5.97 Å². The summed E-state index contributed by atoms with van der Waals surface area (Å²) in [4.78, 5) is 11.7. The highest BCUT2D eigenvalue weighted by Crippen LogP contribution is 2.18. The Hall–Kier alpha value is -1.55. The Balaban J connectivity index is 1.90. The summed E-state index contributed by atoms with van der Waals surface area (Å²) in [5.74, 6) is 0.577. The van der Waals surface area contributed by atoms with Gasteiger partial charge in [-0.25, -0.2) is 0 Å². The topological polar surface area (TPSA) is 47.6 Å². The van der Waals surface area contributed by atoms with Crippen molar-refractivity contribution >= 4 is 5.97 Å².